The van der Waals surface area contributed by atoms with Gasteiger partial charge in [0.15, 0.2) is 0 Å². The van der Waals surface area contributed by atoms with Crippen molar-refractivity contribution in [3.8, 4) is 0 Å². The lowest BCUT2D eigenvalue weighted by Gasteiger charge is -2.22. The molecule has 2 amide bonds. The topological polar surface area (TPSA) is 52.7 Å². The van der Waals surface area contributed by atoms with Gasteiger partial charge in [0.2, 0.25) is 5.91 Å². The summed E-state index contributed by atoms with van der Waals surface area (Å²) in [6.45, 7) is 5.75. The molecule has 1 aliphatic rings. The lowest BCUT2D eigenvalue weighted by Crippen LogP contribution is -2.40. The van der Waals surface area contributed by atoms with Crippen molar-refractivity contribution >= 4 is 35.2 Å². The molecule has 5 nitrogen and oxygen atoms in total. The lowest BCUT2D eigenvalue weighted by atomic mass is 10.2. The van der Waals surface area contributed by atoms with Crippen molar-refractivity contribution in [1.82, 2.24) is 15.1 Å². The van der Waals surface area contributed by atoms with Crippen molar-refractivity contribution in [2.24, 2.45) is 0 Å². The van der Waals surface area contributed by atoms with Crippen LogP contribution in [0.25, 0.3) is 0 Å². The molecular weight excluding hydrogens is 346 g/mol. The number of rotatable bonds is 5. The Labute approximate surface area is 152 Å². The van der Waals surface area contributed by atoms with Crippen LogP contribution in [0.3, 0.4) is 0 Å². The van der Waals surface area contributed by atoms with Crippen molar-refractivity contribution in [2.45, 2.75) is 18.2 Å². The Kier molecular flexibility index (Phi) is 7.40. The summed E-state index contributed by atoms with van der Waals surface area (Å²) in [5.41, 5.74) is 0.556. The molecule has 1 N–H and O–H groups in total. The molecule has 0 aliphatic carbocycles. The highest BCUT2D eigenvalue weighted by atomic mass is 35.5. The van der Waals surface area contributed by atoms with Crippen molar-refractivity contribution < 1.29 is 9.59 Å². The number of amides is 2. The number of thioether (sulfide) groups is 1. The van der Waals surface area contributed by atoms with E-state index in [4.69, 9.17) is 11.6 Å². The molecule has 0 saturated carbocycles. The minimum absolute atomic E-state index is 0.0317. The van der Waals surface area contributed by atoms with Crippen LogP contribution in [0.4, 0.5) is 0 Å². The van der Waals surface area contributed by atoms with E-state index in [0.29, 0.717) is 43.3 Å². The monoisotopic (exact) mass is 369 g/mol. The van der Waals surface area contributed by atoms with Gasteiger partial charge in [-0.1, -0.05) is 11.6 Å². The third-order valence-electron chi connectivity index (χ3n) is 4.02. The van der Waals surface area contributed by atoms with Crippen LogP contribution in [-0.2, 0) is 4.79 Å². The van der Waals surface area contributed by atoms with E-state index in [-0.39, 0.29) is 11.8 Å². The van der Waals surface area contributed by atoms with Gasteiger partial charge in [0.25, 0.3) is 5.91 Å². The first-order chi connectivity index (χ1) is 11.5. The maximum atomic E-state index is 12.8. The molecule has 1 aliphatic heterocycles. The zero-order chi connectivity index (χ0) is 17.5. The van der Waals surface area contributed by atoms with Gasteiger partial charge < -0.3 is 10.2 Å². The molecule has 1 aromatic carbocycles. The van der Waals surface area contributed by atoms with Gasteiger partial charge in [-0.05, 0) is 37.8 Å². The Morgan fingerprint density at radius 3 is 2.75 bits per heavy atom. The Bertz CT molecular complexity index is 597. The van der Waals surface area contributed by atoms with Gasteiger partial charge in [0.05, 0.1) is 17.1 Å². The number of hydrogen-bond donors (Lipinski definition) is 1. The number of halogens is 1. The highest BCUT2D eigenvalue weighted by Gasteiger charge is 2.23. The number of nitrogens with one attached hydrogen (secondary N) is 1. The summed E-state index contributed by atoms with van der Waals surface area (Å²) in [5.74, 6) is 0.00347. The van der Waals surface area contributed by atoms with Crippen LogP contribution < -0.4 is 5.32 Å². The van der Waals surface area contributed by atoms with Gasteiger partial charge in [-0.2, -0.15) is 0 Å². The largest absolute Gasteiger partial charge is 0.355 e. The van der Waals surface area contributed by atoms with Crippen molar-refractivity contribution in [1.29, 1.82) is 0 Å². The molecular formula is C17H24ClN3O2S. The third-order valence-corrected chi connectivity index (χ3v) is 5.08. The smallest absolute Gasteiger partial charge is 0.255 e. The summed E-state index contributed by atoms with van der Waals surface area (Å²) < 4.78 is 0. The van der Waals surface area contributed by atoms with Crippen LogP contribution in [0.2, 0.25) is 5.02 Å². The molecule has 0 atom stereocenters. The summed E-state index contributed by atoms with van der Waals surface area (Å²) in [5, 5.41) is 3.30. The van der Waals surface area contributed by atoms with E-state index in [2.05, 4.69) is 10.2 Å². The normalized spacial score (nSPS) is 15.9. The standard InChI is InChI=1S/C17H24ClN3O2S/c1-3-19-16(22)12-20-7-4-8-21(10-9-20)17(23)14-11-13(24-2)5-6-15(14)18/h5-6,11H,3-4,7-10,12H2,1-2H3,(H,19,22). The number of carbonyl (C=O) groups excluding carboxylic acids is 2. The fraction of sp³-hybridized carbons (Fsp3) is 0.529. The quantitative estimate of drug-likeness (QED) is 0.809. The van der Waals surface area contributed by atoms with Crippen LogP contribution in [0.1, 0.15) is 23.7 Å². The molecule has 1 aromatic rings. The SMILES string of the molecule is CCNC(=O)CN1CCCN(C(=O)c2cc(SC)ccc2Cl)CC1. The van der Waals surface area contributed by atoms with E-state index < -0.39 is 0 Å². The maximum absolute atomic E-state index is 12.8. The van der Waals surface area contributed by atoms with Crippen molar-refractivity contribution in [2.75, 3.05) is 45.5 Å². The molecule has 1 heterocycles. The Hall–Kier alpha value is -1.24. The average Bonchev–Trinajstić information content (AvgIpc) is 2.80. The van der Waals surface area contributed by atoms with E-state index in [1.54, 1.807) is 17.8 Å². The molecule has 1 saturated heterocycles. The van der Waals surface area contributed by atoms with Gasteiger partial charge in [-0.3, -0.25) is 14.5 Å². The minimum atomic E-state index is -0.0317. The number of nitrogens with zero attached hydrogens (tertiary/aromatic N) is 2. The molecule has 0 unspecified atom stereocenters. The second-order valence-electron chi connectivity index (χ2n) is 5.72. The van der Waals surface area contributed by atoms with E-state index in [1.165, 1.54) is 0 Å². The molecule has 7 heteroatoms. The van der Waals surface area contributed by atoms with Crippen molar-refractivity contribution in [3.63, 3.8) is 0 Å². The first-order valence-electron chi connectivity index (χ1n) is 8.17. The van der Waals surface area contributed by atoms with Crippen LogP contribution >= 0.6 is 23.4 Å². The van der Waals surface area contributed by atoms with Crippen molar-refractivity contribution in [3.05, 3.63) is 28.8 Å². The molecule has 0 aromatic heterocycles. The van der Waals surface area contributed by atoms with Crippen LogP contribution in [0, 0.1) is 0 Å². The number of likely N-dealkylation sites (N-methyl/N-ethyl adjacent to an activating group) is 1. The summed E-state index contributed by atoms with van der Waals surface area (Å²) in [4.78, 5) is 29.5. The lowest BCUT2D eigenvalue weighted by molar-refractivity contribution is -0.122. The second-order valence-corrected chi connectivity index (χ2v) is 7.01. The highest BCUT2D eigenvalue weighted by Crippen LogP contribution is 2.24. The molecule has 0 spiro atoms. The number of benzene rings is 1. The predicted molar refractivity (Wildman–Crippen MR) is 98.9 cm³/mol. The molecule has 0 radical (unpaired) electrons. The first kappa shape index (κ1) is 19.1. The van der Waals surface area contributed by atoms with Gasteiger partial charge in [0, 0.05) is 37.6 Å². The van der Waals surface area contributed by atoms with E-state index >= 15 is 0 Å². The highest BCUT2D eigenvalue weighted by molar-refractivity contribution is 7.98. The summed E-state index contributed by atoms with van der Waals surface area (Å²) in [6.07, 6.45) is 2.83. The molecule has 1 fully saturated rings. The van der Waals surface area contributed by atoms with Gasteiger partial charge in [0.1, 0.15) is 0 Å². The fourth-order valence-corrected chi connectivity index (χ4v) is 3.39. The van der Waals surface area contributed by atoms with Gasteiger partial charge >= 0.3 is 0 Å². The van der Waals surface area contributed by atoms with Gasteiger partial charge in [-0.15, -0.1) is 11.8 Å². The zero-order valence-electron chi connectivity index (χ0n) is 14.2. The van der Waals surface area contributed by atoms with Crippen LogP contribution in [0.5, 0.6) is 0 Å². The van der Waals surface area contributed by atoms with E-state index in [9.17, 15) is 9.59 Å². The molecule has 24 heavy (non-hydrogen) atoms. The van der Waals surface area contributed by atoms with Crippen LogP contribution in [0.15, 0.2) is 23.1 Å². The number of carbonyl (C=O) groups is 2. The Morgan fingerprint density at radius 1 is 1.25 bits per heavy atom. The third kappa shape index (κ3) is 5.13. The minimum Gasteiger partial charge on any atom is -0.355 e. The first-order valence-corrected chi connectivity index (χ1v) is 9.77. The van der Waals surface area contributed by atoms with E-state index in [0.717, 1.165) is 17.9 Å². The molecule has 0 bridgehead atoms. The Balaban J connectivity index is 2.00. The second kappa shape index (κ2) is 9.30. The average molecular weight is 370 g/mol. The summed E-state index contributed by atoms with van der Waals surface area (Å²) in [6, 6.07) is 5.55. The Morgan fingerprint density at radius 2 is 2.04 bits per heavy atom. The maximum Gasteiger partial charge on any atom is 0.255 e. The molecule has 132 valence electrons. The fourth-order valence-electron chi connectivity index (χ4n) is 2.75. The zero-order valence-corrected chi connectivity index (χ0v) is 15.8. The molecule has 2 rings (SSSR count). The summed E-state index contributed by atoms with van der Waals surface area (Å²) >= 11 is 7.81. The van der Waals surface area contributed by atoms with Gasteiger partial charge in [-0.25, -0.2) is 0 Å². The summed E-state index contributed by atoms with van der Waals surface area (Å²) in [7, 11) is 0. The van der Waals surface area contributed by atoms with Crippen LogP contribution in [-0.4, -0.2) is 67.1 Å². The predicted octanol–water partition coefficient (Wildman–Crippen LogP) is 2.35. The van der Waals surface area contributed by atoms with E-state index in [1.807, 2.05) is 30.2 Å². The number of hydrogen-bond acceptors (Lipinski definition) is 4.